The largest absolute Gasteiger partial charge is 0.344 e. The van der Waals surface area contributed by atoms with Gasteiger partial charge in [-0.05, 0) is 49.1 Å². The summed E-state index contributed by atoms with van der Waals surface area (Å²) in [5.41, 5.74) is 4.96. The van der Waals surface area contributed by atoms with Crippen LogP contribution in [0, 0.1) is 13.8 Å². The van der Waals surface area contributed by atoms with E-state index in [2.05, 4.69) is 43.2 Å². The van der Waals surface area contributed by atoms with Crippen LogP contribution in [0.3, 0.4) is 0 Å². The number of carbonyl (C=O) groups is 1. The zero-order valence-electron chi connectivity index (χ0n) is 16.5. The van der Waals surface area contributed by atoms with Crippen LogP contribution in [-0.2, 0) is 6.54 Å². The van der Waals surface area contributed by atoms with Gasteiger partial charge in [0.1, 0.15) is 0 Å². The van der Waals surface area contributed by atoms with Crippen LogP contribution in [0.2, 0.25) is 0 Å². The van der Waals surface area contributed by atoms with Crippen molar-refractivity contribution in [1.29, 1.82) is 0 Å². The second-order valence-corrected chi connectivity index (χ2v) is 7.36. The van der Waals surface area contributed by atoms with Gasteiger partial charge in [0, 0.05) is 28.7 Å². The lowest BCUT2D eigenvalue weighted by atomic mass is 9.93. The minimum atomic E-state index is 0.104. The fourth-order valence-corrected chi connectivity index (χ4v) is 4.18. The van der Waals surface area contributed by atoms with Gasteiger partial charge in [-0.3, -0.25) is 4.79 Å². The number of ketones is 1. The number of hydrogen-bond donors (Lipinski definition) is 0. The highest BCUT2D eigenvalue weighted by molar-refractivity contribution is 6.22. The number of para-hydroxylation sites is 1. The van der Waals surface area contributed by atoms with Crippen molar-refractivity contribution >= 4 is 27.5 Å². The molecule has 28 heavy (non-hydrogen) atoms. The molecule has 0 unspecified atom stereocenters. The molecule has 0 bridgehead atoms. The Bertz CT molecular complexity index is 1200. The maximum Gasteiger partial charge on any atom is 0.196 e. The second-order valence-electron chi connectivity index (χ2n) is 7.36. The van der Waals surface area contributed by atoms with E-state index in [1.165, 1.54) is 5.56 Å². The Balaban J connectivity index is 1.90. The standard InChI is InChI=1S/C26H25NO/c1-4-5-10-17-27-19(3)25(23-13-8-9-14-24(23)27)26(28)22-16-15-18(2)20-11-6-7-12-21(20)22/h4,6-9,11-16H,1,5,10,17H2,2-3H3. The Morgan fingerprint density at radius 2 is 1.61 bits per heavy atom. The van der Waals surface area contributed by atoms with Gasteiger partial charge >= 0.3 is 0 Å². The maximum atomic E-state index is 13.7. The fourth-order valence-electron chi connectivity index (χ4n) is 4.18. The molecule has 0 radical (unpaired) electrons. The van der Waals surface area contributed by atoms with E-state index in [1.54, 1.807) is 0 Å². The van der Waals surface area contributed by atoms with Gasteiger partial charge in [-0.2, -0.15) is 0 Å². The Morgan fingerprint density at radius 3 is 2.36 bits per heavy atom. The normalized spacial score (nSPS) is 11.2. The zero-order chi connectivity index (χ0) is 19.7. The molecule has 3 aromatic carbocycles. The van der Waals surface area contributed by atoms with E-state index in [1.807, 2.05) is 48.5 Å². The van der Waals surface area contributed by atoms with Crippen molar-refractivity contribution in [2.75, 3.05) is 0 Å². The summed E-state index contributed by atoms with van der Waals surface area (Å²) in [5.74, 6) is 0.104. The van der Waals surface area contributed by atoms with Gasteiger partial charge < -0.3 is 4.57 Å². The molecule has 0 saturated heterocycles. The van der Waals surface area contributed by atoms with Crippen molar-refractivity contribution in [2.45, 2.75) is 33.2 Å². The lowest BCUT2D eigenvalue weighted by Crippen LogP contribution is -2.06. The van der Waals surface area contributed by atoms with Crippen molar-refractivity contribution in [3.05, 3.63) is 95.7 Å². The summed E-state index contributed by atoms with van der Waals surface area (Å²) in [6.45, 7) is 8.87. The molecule has 4 aromatic rings. The van der Waals surface area contributed by atoms with Crippen LogP contribution in [0.15, 0.2) is 73.3 Å². The van der Waals surface area contributed by atoms with Crippen molar-refractivity contribution in [3.8, 4) is 0 Å². The first kappa shape index (κ1) is 18.2. The highest BCUT2D eigenvalue weighted by atomic mass is 16.1. The summed E-state index contributed by atoms with van der Waals surface area (Å²) in [6.07, 6.45) is 3.94. The van der Waals surface area contributed by atoms with Crippen LogP contribution in [-0.4, -0.2) is 10.4 Å². The van der Waals surface area contributed by atoms with Crippen molar-refractivity contribution < 1.29 is 4.79 Å². The zero-order valence-corrected chi connectivity index (χ0v) is 16.5. The molecule has 2 nitrogen and oxygen atoms in total. The van der Waals surface area contributed by atoms with E-state index in [0.29, 0.717) is 0 Å². The number of nitrogens with zero attached hydrogens (tertiary/aromatic N) is 1. The molecule has 0 saturated carbocycles. The van der Waals surface area contributed by atoms with E-state index in [9.17, 15) is 4.79 Å². The molecule has 0 aliphatic rings. The Morgan fingerprint density at radius 1 is 0.929 bits per heavy atom. The average molecular weight is 367 g/mol. The summed E-state index contributed by atoms with van der Waals surface area (Å²) in [5, 5.41) is 3.20. The van der Waals surface area contributed by atoms with Crippen LogP contribution in [0.4, 0.5) is 0 Å². The third kappa shape index (κ3) is 2.95. The number of unbranched alkanes of at least 4 members (excludes halogenated alkanes) is 1. The smallest absolute Gasteiger partial charge is 0.196 e. The summed E-state index contributed by atoms with van der Waals surface area (Å²) in [4.78, 5) is 13.7. The number of hydrogen-bond acceptors (Lipinski definition) is 1. The second kappa shape index (κ2) is 7.47. The molecule has 4 rings (SSSR count). The minimum Gasteiger partial charge on any atom is -0.344 e. The van der Waals surface area contributed by atoms with Crippen LogP contribution in [0.5, 0.6) is 0 Å². The van der Waals surface area contributed by atoms with E-state index in [4.69, 9.17) is 0 Å². The molecule has 140 valence electrons. The summed E-state index contributed by atoms with van der Waals surface area (Å²) >= 11 is 0. The van der Waals surface area contributed by atoms with E-state index in [0.717, 1.165) is 57.9 Å². The third-order valence-electron chi connectivity index (χ3n) is 5.63. The SMILES string of the molecule is C=CCCCn1c(C)c(C(=O)c2ccc(C)c3ccccc23)c2ccccc21. The number of carbonyl (C=O) groups excluding carboxylic acids is 1. The highest BCUT2D eigenvalue weighted by Crippen LogP contribution is 2.31. The van der Waals surface area contributed by atoms with Gasteiger partial charge in [0.05, 0.1) is 5.56 Å². The predicted molar refractivity (Wildman–Crippen MR) is 118 cm³/mol. The molecule has 1 heterocycles. The van der Waals surface area contributed by atoms with E-state index < -0.39 is 0 Å². The topological polar surface area (TPSA) is 22.0 Å². The van der Waals surface area contributed by atoms with E-state index >= 15 is 0 Å². The lowest BCUT2D eigenvalue weighted by Gasteiger charge is -2.10. The quantitative estimate of drug-likeness (QED) is 0.213. The van der Waals surface area contributed by atoms with Gasteiger partial charge in [-0.1, -0.05) is 60.7 Å². The van der Waals surface area contributed by atoms with Gasteiger partial charge in [0.15, 0.2) is 5.78 Å². The Labute approximate surface area is 166 Å². The summed E-state index contributed by atoms with van der Waals surface area (Å²) in [6, 6.07) is 20.4. The monoisotopic (exact) mass is 367 g/mol. The molecule has 0 aliphatic carbocycles. The van der Waals surface area contributed by atoms with E-state index in [-0.39, 0.29) is 5.78 Å². The molecular formula is C26H25NO. The van der Waals surface area contributed by atoms with Gasteiger partial charge in [-0.25, -0.2) is 0 Å². The molecule has 0 aliphatic heterocycles. The third-order valence-corrected chi connectivity index (χ3v) is 5.63. The molecule has 0 fully saturated rings. The first-order valence-corrected chi connectivity index (χ1v) is 9.85. The van der Waals surface area contributed by atoms with Crippen LogP contribution in [0.1, 0.15) is 40.0 Å². The predicted octanol–water partition coefficient (Wildman–Crippen LogP) is 6.61. The molecule has 0 amide bonds. The van der Waals surface area contributed by atoms with Crippen molar-refractivity contribution in [3.63, 3.8) is 0 Å². The first-order chi connectivity index (χ1) is 13.6. The van der Waals surface area contributed by atoms with Crippen LogP contribution in [0.25, 0.3) is 21.7 Å². The molecule has 0 spiro atoms. The number of aryl methyl sites for hydroxylation is 2. The lowest BCUT2D eigenvalue weighted by molar-refractivity contribution is 0.104. The first-order valence-electron chi connectivity index (χ1n) is 9.85. The van der Waals surface area contributed by atoms with Gasteiger partial charge in [-0.15, -0.1) is 6.58 Å². The molecule has 2 heteroatoms. The Kier molecular flexibility index (Phi) is 4.87. The summed E-state index contributed by atoms with van der Waals surface area (Å²) in [7, 11) is 0. The van der Waals surface area contributed by atoms with Crippen LogP contribution >= 0.6 is 0 Å². The number of rotatable bonds is 6. The van der Waals surface area contributed by atoms with Crippen molar-refractivity contribution in [1.82, 2.24) is 4.57 Å². The minimum absolute atomic E-state index is 0.104. The van der Waals surface area contributed by atoms with Crippen LogP contribution < -0.4 is 0 Å². The molecule has 0 N–H and O–H groups in total. The number of benzene rings is 3. The fraction of sp³-hybridized carbons (Fsp3) is 0.192. The number of aromatic nitrogens is 1. The average Bonchev–Trinajstić information content (AvgIpc) is 3.00. The molecular weight excluding hydrogens is 342 g/mol. The highest BCUT2D eigenvalue weighted by Gasteiger charge is 2.22. The molecule has 1 aromatic heterocycles. The number of fused-ring (bicyclic) bond motifs is 2. The van der Waals surface area contributed by atoms with Crippen molar-refractivity contribution in [2.24, 2.45) is 0 Å². The van der Waals surface area contributed by atoms with Gasteiger partial charge in [0.2, 0.25) is 0 Å². The van der Waals surface area contributed by atoms with Gasteiger partial charge in [0.25, 0.3) is 0 Å². The molecule has 0 atom stereocenters. The number of allylic oxidation sites excluding steroid dienone is 1. The Hall–Kier alpha value is -3.13. The summed E-state index contributed by atoms with van der Waals surface area (Å²) < 4.78 is 2.28. The maximum absolute atomic E-state index is 13.7.